The molecule has 7 nitrogen and oxygen atoms in total. The Morgan fingerprint density at radius 3 is 2.50 bits per heavy atom. The highest BCUT2D eigenvalue weighted by Crippen LogP contribution is 2.36. The van der Waals surface area contributed by atoms with Crippen molar-refractivity contribution in [2.45, 2.75) is 20.3 Å². The van der Waals surface area contributed by atoms with Gasteiger partial charge in [0.15, 0.2) is 0 Å². The third-order valence-corrected chi connectivity index (χ3v) is 7.87. The number of benzene rings is 1. The third-order valence-electron chi connectivity index (χ3n) is 6.49. The van der Waals surface area contributed by atoms with E-state index < -0.39 is 0 Å². The summed E-state index contributed by atoms with van der Waals surface area (Å²) < 4.78 is 2.21. The van der Waals surface area contributed by atoms with E-state index in [1.807, 2.05) is 24.3 Å². The zero-order chi connectivity index (χ0) is 24.4. The first-order valence-corrected chi connectivity index (χ1v) is 13.0. The maximum absolute atomic E-state index is 13.6. The van der Waals surface area contributed by atoms with E-state index in [1.54, 1.807) is 22.6 Å². The van der Waals surface area contributed by atoms with Gasteiger partial charge in [0.05, 0.1) is 28.3 Å². The average Bonchev–Trinajstić information content (AvgIpc) is 3.09. The van der Waals surface area contributed by atoms with Gasteiger partial charge in [0.2, 0.25) is 0 Å². The van der Waals surface area contributed by atoms with Crippen molar-refractivity contribution >= 4 is 56.9 Å². The van der Waals surface area contributed by atoms with Crippen LogP contribution >= 0.6 is 24.0 Å². The van der Waals surface area contributed by atoms with Crippen LogP contribution in [0.15, 0.2) is 34.0 Å². The quantitative estimate of drug-likeness (QED) is 0.463. The Morgan fingerprint density at radius 1 is 1.12 bits per heavy atom. The Bertz CT molecular complexity index is 1180. The number of thiocarbonyl (C=S) groups is 1. The maximum atomic E-state index is 13.6. The number of fused-ring (bicyclic) bond motifs is 1. The standard InChI is InChI=1S/C25H32N4O3S2/c1-17(2)8-9-29-24(32)21(34-25(29)33)16-19-22(28-12-10-27(11-13-28)14-15-30)18-6-4-5-7-20(18)26(3)23(19)31/h4-7,16-17,30H,8-15H2,1-3H3. The van der Waals surface area contributed by atoms with Crippen molar-refractivity contribution in [2.75, 3.05) is 50.8 Å². The minimum absolute atomic E-state index is 0.121. The van der Waals surface area contributed by atoms with Crippen molar-refractivity contribution in [3.63, 3.8) is 0 Å². The molecule has 0 atom stereocenters. The number of rotatable bonds is 7. The van der Waals surface area contributed by atoms with Crippen molar-refractivity contribution in [3.8, 4) is 0 Å². The maximum Gasteiger partial charge on any atom is 0.266 e. The molecule has 1 aromatic heterocycles. The van der Waals surface area contributed by atoms with Crippen LogP contribution < -0.4 is 10.5 Å². The van der Waals surface area contributed by atoms with E-state index in [-0.39, 0.29) is 18.1 Å². The second-order valence-corrected chi connectivity index (χ2v) is 10.9. The minimum Gasteiger partial charge on any atom is -0.395 e. The Hall–Kier alpha value is -2.20. The highest BCUT2D eigenvalue weighted by molar-refractivity contribution is 8.26. The van der Waals surface area contributed by atoms with Crippen molar-refractivity contribution in [2.24, 2.45) is 13.0 Å². The molecule has 2 aliphatic rings. The molecule has 2 fully saturated rings. The number of hydrogen-bond donors (Lipinski definition) is 1. The van der Waals surface area contributed by atoms with E-state index in [9.17, 15) is 14.7 Å². The highest BCUT2D eigenvalue weighted by atomic mass is 32.2. The monoisotopic (exact) mass is 500 g/mol. The second kappa shape index (κ2) is 10.6. The third kappa shape index (κ3) is 4.93. The molecule has 0 bridgehead atoms. The lowest BCUT2D eigenvalue weighted by molar-refractivity contribution is -0.122. The first-order valence-electron chi connectivity index (χ1n) is 11.8. The minimum atomic E-state index is -0.126. The Balaban J connectivity index is 1.78. The van der Waals surface area contributed by atoms with E-state index in [2.05, 4.69) is 23.6 Å². The first-order chi connectivity index (χ1) is 16.3. The molecule has 0 aliphatic carbocycles. The predicted molar refractivity (Wildman–Crippen MR) is 144 cm³/mol. The number of anilines is 1. The van der Waals surface area contributed by atoms with Gasteiger partial charge in [-0.2, -0.15) is 0 Å². The van der Waals surface area contributed by atoms with Crippen LogP contribution in [0.5, 0.6) is 0 Å². The van der Waals surface area contributed by atoms with E-state index in [4.69, 9.17) is 12.2 Å². The second-order valence-electron chi connectivity index (χ2n) is 9.21. The fourth-order valence-corrected chi connectivity index (χ4v) is 5.81. The summed E-state index contributed by atoms with van der Waals surface area (Å²) in [7, 11) is 1.78. The van der Waals surface area contributed by atoms with E-state index in [0.29, 0.717) is 33.8 Å². The summed E-state index contributed by atoms with van der Waals surface area (Å²) >= 11 is 6.78. The van der Waals surface area contributed by atoms with Gasteiger partial charge in [0, 0.05) is 51.7 Å². The largest absolute Gasteiger partial charge is 0.395 e. The average molecular weight is 501 g/mol. The smallest absolute Gasteiger partial charge is 0.266 e. The van der Waals surface area contributed by atoms with Crippen LogP contribution in [-0.4, -0.2) is 75.6 Å². The zero-order valence-electron chi connectivity index (χ0n) is 20.0. The van der Waals surface area contributed by atoms with Crippen LogP contribution in [0.1, 0.15) is 25.8 Å². The molecule has 1 N–H and O–H groups in total. The molecule has 2 aromatic rings. The molecule has 0 saturated carbocycles. The number of thioether (sulfide) groups is 1. The molecule has 3 heterocycles. The van der Waals surface area contributed by atoms with Crippen molar-refractivity contribution in [1.82, 2.24) is 14.4 Å². The summed E-state index contributed by atoms with van der Waals surface area (Å²) in [5, 5.41) is 10.3. The topological polar surface area (TPSA) is 69.0 Å². The number of nitrogens with zero attached hydrogens (tertiary/aromatic N) is 4. The Morgan fingerprint density at radius 2 is 1.82 bits per heavy atom. The number of carbonyl (C=O) groups is 1. The van der Waals surface area contributed by atoms with Gasteiger partial charge in [0.25, 0.3) is 11.5 Å². The van der Waals surface area contributed by atoms with Crippen LogP contribution in [0, 0.1) is 5.92 Å². The van der Waals surface area contributed by atoms with E-state index in [0.717, 1.165) is 49.2 Å². The molecule has 0 unspecified atom stereocenters. The van der Waals surface area contributed by atoms with Crippen LogP contribution in [0.25, 0.3) is 17.0 Å². The number of hydrogen-bond acceptors (Lipinski definition) is 7. The van der Waals surface area contributed by atoms with Gasteiger partial charge in [-0.1, -0.05) is 56.0 Å². The lowest BCUT2D eigenvalue weighted by Crippen LogP contribution is -2.48. The molecular weight excluding hydrogens is 468 g/mol. The number of aliphatic hydroxyl groups excluding tert-OH is 1. The SMILES string of the molecule is CC(C)CCN1C(=O)C(=Cc2c(N3CCN(CCO)CC3)c3ccccc3n(C)c2=O)SC1=S. The number of amides is 1. The number of piperazine rings is 1. The van der Waals surface area contributed by atoms with Gasteiger partial charge in [-0.3, -0.25) is 19.4 Å². The van der Waals surface area contributed by atoms with Crippen molar-refractivity contribution < 1.29 is 9.90 Å². The van der Waals surface area contributed by atoms with Gasteiger partial charge in [0.1, 0.15) is 4.32 Å². The van der Waals surface area contributed by atoms with Gasteiger partial charge in [-0.15, -0.1) is 0 Å². The summed E-state index contributed by atoms with van der Waals surface area (Å²) in [5.74, 6) is 0.349. The molecule has 0 radical (unpaired) electrons. The number of aliphatic hydroxyl groups is 1. The van der Waals surface area contributed by atoms with E-state index >= 15 is 0 Å². The molecular formula is C25H32N4O3S2. The fraction of sp³-hybridized carbons (Fsp3) is 0.480. The highest BCUT2D eigenvalue weighted by Gasteiger charge is 2.33. The Kier molecular flexibility index (Phi) is 7.77. The fourth-order valence-electron chi connectivity index (χ4n) is 4.52. The van der Waals surface area contributed by atoms with Crippen LogP contribution in [0.3, 0.4) is 0 Å². The summed E-state index contributed by atoms with van der Waals surface area (Å²) in [5.41, 5.74) is 2.14. The van der Waals surface area contributed by atoms with Gasteiger partial charge >= 0.3 is 0 Å². The van der Waals surface area contributed by atoms with Crippen LogP contribution in [0.2, 0.25) is 0 Å². The lowest BCUT2D eigenvalue weighted by Gasteiger charge is -2.37. The number of para-hydroxylation sites is 1. The van der Waals surface area contributed by atoms with Gasteiger partial charge < -0.3 is 14.6 Å². The Labute approximate surface area is 210 Å². The predicted octanol–water partition coefficient (Wildman–Crippen LogP) is 2.90. The van der Waals surface area contributed by atoms with E-state index in [1.165, 1.54) is 11.8 Å². The lowest BCUT2D eigenvalue weighted by atomic mass is 10.1. The van der Waals surface area contributed by atoms with Crippen LogP contribution in [-0.2, 0) is 11.8 Å². The van der Waals surface area contributed by atoms with Gasteiger partial charge in [-0.05, 0) is 24.5 Å². The van der Waals surface area contributed by atoms with Gasteiger partial charge in [-0.25, -0.2) is 0 Å². The molecule has 0 spiro atoms. The molecule has 1 amide bonds. The van der Waals surface area contributed by atoms with Crippen molar-refractivity contribution in [1.29, 1.82) is 0 Å². The van der Waals surface area contributed by atoms with Crippen molar-refractivity contribution in [3.05, 3.63) is 45.1 Å². The zero-order valence-corrected chi connectivity index (χ0v) is 21.6. The number of aryl methyl sites for hydroxylation is 1. The molecule has 2 saturated heterocycles. The number of pyridine rings is 1. The summed E-state index contributed by atoms with van der Waals surface area (Å²) in [6.45, 7) is 8.73. The molecule has 9 heteroatoms. The molecule has 1 aromatic carbocycles. The summed E-state index contributed by atoms with van der Waals surface area (Å²) in [6, 6.07) is 7.91. The molecule has 182 valence electrons. The first kappa shape index (κ1) is 24.9. The number of carbonyl (C=O) groups excluding carboxylic acids is 1. The molecule has 2 aliphatic heterocycles. The molecule has 4 rings (SSSR count). The number of β-amino-alcohol motifs (C(OH)–C–C–N with tert-alkyl or cyclic N) is 1. The number of aromatic nitrogens is 1. The summed E-state index contributed by atoms with van der Waals surface area (Å²) in [4.78, 5) is 33.4. The normalized spacial score (nSPS) is 18.8. The van der Waals surface area contributed by atoms with Crippen LogP contribution in [0.4, 0.5) is 5.69 Å². The molecule has 34 heavy (non-hydrogen) atoms. The summed E-state index contributed by atoms with van der Waals surface area (Å²) in [6.07, 6.45) is 2.62.